The van der Waals surface area contributed by atoms with Gasteiger partial charge in [0.2, 0.25) is 5.91 Å². The van der Waals surface area contributed by atoms with Gasteiger partial charge in [-0.2, -0.15) is 0 Å². The highest BCUT2D eigenvalue weighted by Gasteiger charge is 2.27. The van der Waals surface area contributed by atoms with Crippen LogP contribution in [-0.4, -0.2) is 18.5 Å². The summed E-state index contributed by atoms with van der Waals surface area (Å²) in [6, 6.07) is 10.4. The quantitative estimate of drug-likeness (QED) is 0.785. The summed E-state index contributed by atoms with van der Waals surface area (Å²) in [5, 5.41) is 3.08. The minimum absolute atomic E-state index is 0.0413. The van der Waals surface area contributed by atoms with Crippen LogP contribution in [-0.2, 0) is 4.79 Å². The zero-order chi connectivity index (χ0) is 12.1. The minimum Gasteiger partial charge on any atom is -0.353 e. The van der Waals surface area contributed by atoms with Gasteiger partial charge in [-0.15, -0.1) is 0 Å². The van der Waals surface area contributed by atoms with Crippen LogP contribution in [0.2, 0.25) is 0 Å². The van der Waals surface area contributed by atoms with Crippen molar-refractivity contribution >= 4 is 5.91 Å². The lowest BCUT2D eigenvalue weighted by molar-refractivity contribution is -0.122. The zero-order valence-electron chi connectivity index (χ0n) is 10.1. The lowest BCUT2D eigenvalue weighted by Gasteiger charge is -2.16. The second kappa shape index (κ2) is 5.82. The van der Waals surface area contributed by atoms with Crippen LogP contribution in [0.25, 0.3) is 0 Å². The largest absolute Gasteiger partial charge is 0.353 e. The SMILES string of the molecule is NCCCC(C(=O)NC1CC1)c1ccccc1. The molecule has 1 aromatic carbocycles. The van der Waals surface area contributed by atoms with Crippen molar-refractivity contribution in [3.05, 3.63) is 35.9 Å². The summed E-state index contributed by atoms with van der Waals surface area (Å²) in [6.45, 7) is 0.639. The van der Waals surface area contributed by atoms with E-state index in [4.69, 9.17) is 5.73 Å². The first-order valence-electron chi connectivity index (χ1n) is 6.36. The molecular formula is C14H20N2O. The second-order valence-electron chi connectivity index (χ2n) is 4.68. The van der Waals surface area contributed by atoms with E-state index in [0.717, 1.165) is 31.2 Å². The van der Waals surface area contributed by atoms with Gasteiger partial charge in [0.1, 0.15) is 0 Å². The van der Waals surface area contributed by atoms with E-state index in [0.29, 0.717) is 12.6 Å². The van der Waals surface area contributed by atoms with Crippen molar-refractivity contribution in [1.82, 2.24) is 5.32 Å². The lowest BCUT2D eigenvalue weighted by atomic mass is 9.93. The van der Waals surface area contributed by atoms with E-state index in [1.54, 1.807) is 0 Å². The maximum Gasteiger partial charge on any atom is 0.227 e. The summed E-state index contributed by atoms with van der Waals surface area (Å²) in [5.41, 5.74) is 6.63. The summed E-state index contributed by atoms with van der Waals surface area (Å²) < 4.78 is 0. The summed E-state index contributed by atoms with van der Waals surface area (Å²) in [6.07, 6.45) is 3.98. The third-order valence-electron chi connectivity index (χ3n) is 3.14. The number of nitrogens with two attached hydrogens (primary N) is 1. The van der Waals surface area contributed by atoms with Gasteiger partial charge in [0, 0.05) is 6.04 Å². The molecule has 2 rings (SSSR count). The third-order valence-corrected chi connectivity index (χ3v) is 3.14. The fraction of sp³-hybridized carbons (Fsp3) is 0.500. The summed E-state index contributed by atoms with van der Waals surface area (Å²) in [7, 11) is 0. The van der Waals surface area contributed by atoms with E-state index in [-0.39, 0.29) is 11.8 Å². The molecule has 3 N–H and O–H groups in total. The Labute approximate surface area is 102 Å². The van der Waals surface area contributed by atoms with Crippen LogP contribution in [0.3, 0.4) is 0 Å². The molecule has 0 heterocycles. The zero-order valence-corrected chi connectivity index (χ0v) is 10.1. The molecule has 0 aromatic heterocycles. The smallest absolute Gasteiger partial charge is 0.227 e. The molecule has 3 heteroatoms. The molecule has 1 fully saturated rings. The highest BCUT2D eigenvalue weighted by Crippen LogP contribution is 2.24. The van der Waals surface area contributed by atoms with Crippen molar-refractivity contribution in [2.75, 3.05) is 6.54 Å². The van der Waals surface area contributed by atoms with E-state index < -0.39 is 0 Å². The van der Waals surface area contributed by atoms with Gasteiger partial charge in [0.05, 0.1) is 5.92 Å². The van der Waals surface area contributed by atoms with Crippen LogP contribution in [0.15, 0.2) is 30.3 Å². The molecule has 1 amide bonds. The molecular weight excluding hydrogens is 212 g/mol. The number of rotatable bonds is 6. The summed E-state index contributed by atoms with van der Waals surface area (Å²) in [4.78, 5) is 12.1. The Bertz CT molecular complexity index is 360. The highest BCUT2D eigenvalue weighted by atomic mass is 16.2. The molecule has 0 spiro atoms. The molecule has 92 valence electrons. The Kier molecular flexibility index (Phi) is 4.15. The van der Waals surface area contributed by atoms with Gasteiger partial charge in [0.15, 0.2) is 0 Å². The maximum absolute atomic E-state index is 12.1. The molecule has 1 atom stereocenters. The van der Waals surface area contributed by atoms with Crippen LogP contribution in [0, 0.1) is 0 Å². The van der Waals surface area contributed by atoms with Gasteiger partial charge in [-0.1, -0.05) is 30.3 Å². The van der Waals surface area contributed by atoms with E-state index in [2.05, 4.69) is 5.32 Å². The number of amides is 1. The van der Waals surface area contributed by atoms with E-state index in [9.17, 15) is 4.79 Å². The van der Waals surface area contributed by atoms with Gasteiger partial charge in [-0.25, -0.2) is 0 Å². The standard InChI is InChI=1S/C14H20N2O/c15-10-4-7-13(11-5-2-1-3-6-11)14(17)16-12-8-9-12/h1-3,5-6,12-13H,4,7-10,15H2,(H,16,17). The monoisotopic (exact) mass is 232 g/mol. The van der Waals surface area contributed by atoms with Gasteiger partial charge in [0.25, 0.3) is 0 Å². The predicted molar refractivity (Wildman–Crippen MR) is 68.6 cm³/mol. The fourth-order valence-corrected chi connectivity index (χ4v) is 1.99. The van der Waals surface area contributed by atoms with Crippen molar-refractivity contribution in [3.8, 4) is 0 Å². The third kappa shape index (κ3) is 3.56. The molecule has 1 aromatic rings. The molecule has 1 aliphatic carbocycles. The Morgan fingerprint density at radius 1 is 1.35 bits per heavy atom. The first-order chi connectivity index (χ1) is 8.31. The number of carbonyl (C=O) groups is 1. The van der Waals surface area contributed by atoms with E-state index >= 15 is 0 Å². The van der Waals surface area contributed by atoms with Crippen LogP contribution in [0.5, 0.6) is 0 Å². The van der Waals surface area contributed by atoms with Gasteiger partial charge in [-0.3, -0.25) is 4.79 Å². The van der Waals surface area contributed by atoms with Gasteiger partial charge < -0.3 is 11.1 Å². The van der Waals surface area contributed by atoms with Gasteiger partial charge >= 0.3 is 0 Å². The molecule has 3 nitrogen and oxygen atoms in total. The van der Waals surface area contributed by atoms with Crippen LogP contribution >= 0.6 is 0 Å². The number of nitrogens with one attached hydrogen (secondary N) is 1. The second-order valence-corrected chi connectivity index (χ2v) is 4.68. The van der Waals surface area contributed by atoms with Crippen LogP contribution in [0.4, 0.5) is 0 Å². The highest BCUT2D eigenvalue weighted by molar-refractivity contribution is 5.84. The normalized spacial score (nSPS) is 16.5. The summed E-state index contributed by atoms with van der Waals surface area (Å²) in [5.74, 6) is 0.118. The van der Waals surface area contributed by atoms with Crippen molar-refractivity contribution in [2.24, 2.45) is 5.73 Å². The predicted octanol–water partition coefficient (Wildman–Crippen LogP) is 1.79. The topological polar surface area (TPSA) is 55.1 Å². The first kappa shape index (κ1) is 12.1. The van der Waals surface area contributed by atoms with Crippen molar-refractivity contribution in [1.29, 1.82) is 0 Å². The molecule has 1 aliphatic rings. The molecule has 1 saturated carbocycles. The average molecular weight is 232 g/mol. The number of hydrogen-bond acceptors (Lipinski definition) is 2. The molecule has 0 saturated heterocycles. The molecule has 0 aliphatic heterocycles. The Morgan fingerprint density at radius 3 is 2.65 bits per heavy atom. The Morgan fingerprint density at radius 2 is 2.06 bits per heavy atom. The van der Waals surface area contributed by atoms with E-state index in [1.807, 2.05) is 30.3 Å². The first-order valence-corrected chi connectivity index (χ1v) is 6.36. The average Bonchev–Trinajstić information content (AvgIpc) is 3.15. The van der Waals surface area contributed by atoms with Crippen LogP contribution < -0.4 is 11.1 Å². The molecule has 17 heavy (non-hydrogen) atoms. The Balaban J connectivity index is 2.03. The lowest BCUT2D eigenvalue weighted by Crippen LogP contribution is -2.31. The van der Waals surface area contributed by atoms with Crippen molar-refractivity contribution in [3.63, 3.8) is 0 Å². The van der Waals surface area contributed by atoms with E-state index in [1.165, 1.54) is 0 Å². The molecule has 1 unspecified atom stereocenters. The summed E-state index contributed by atoms with van der Waals surface area (Å²) >= 11 is 0. The van der Waals surface area contributed by atoms with Crippen molar-refractivity contribution in [2.45, 2.75) is 37.6 Å². The fourth-order valence-electron chi connectivity index (χ4n) is 1.99. The molecule has 0 bridgehead atoms. The molecule has 0 radical (unpaired) electrons. The minimum atomic E-state index is -0.0413. The Hall–Kier alpha value is -1.35. The number of benzene rings is 1. The van der Waals surface area contributed by atoms with Crippen LogP contribution in [0.1, 0.15) is 37.2 Å². The number of hydrogen-bond donors (Lipinski definition) is 2. The number of carbonyl (C=O) groups excluding carboxylic acids is 1. The van der Waals surface area contributed by atoms with Crippen molar-refractivity contribution < 1.29 is 4.79 Å². The maximum atomic E-state index is 12.1. The van der Waals surface area contributed by atoms with Gasteiger partial charge in [-0.05, 0) is 37.8 Å².